The van der Waals surface area contributed by atoms with E-state index in [9.17, 15) is 14.4 Å². The van der Waals surface area contributed by atoms with Crippen LogP contribution in [0.15, 0.2) is 28.0 Å². The van der Waals surface area contributed by atoms with Crippen LogP contribution < -0.4 is 25.2 Å². The molecule has 1 aromatic heterocycles. The third-order valence-corrected chi connectivity index (χ3v) is 7.83. The monoisotopic (exact) mass is 482 g/mol. The number of likely N-dealkylation sites (N-methyl/N-ethyl adjacent to an activating group) is 2. The first-order valence-corrected chi connectivity index (χ1v) is 12.8. The lowest BCUT2D eigenvalue weighted by atomic mass is 10.1. The first-order chi connectivity index (χ1) is 16.4. The van der Waals surface area contributed by atoms with Gasteiger partial charge in [-0.05, 0) is 39.3 Å². The number of carbonyl (C=O) groups is 2. The minimum Gasteiger partial charge on any atom is -0.308 e. The summed E-state index contributed by atoms with van der Waals surface area (Å²) in [6, 6.07) is 5.87. The van der Waals surface area contributed by atoms with E-state index < -0.39 is 12.3 Å². The quantitative estimate of drug-likeness (QED) is 0.633. The highest BCUT2D eigenvalue weighted by atomic mass is 32.1. The molecule has 0 aliphatic carbocycles. The van der Waals surface area contributed by atoms with Crippen molar-refractivity contribution in [2.45, 2.75) is 59.3 Å². The lowest BCUT2D eigenvalue weighted by Crippen LogP contribution is -2.55. The zero-order valence-electron chi connectivity index (χ0n) is 20.0. The first-order valence-electron chi connectivity index (χ1n) is 12.0. The van der Waals surface area contributed by atoms with Crippen LogP contribution >= 0.6 is 11.3 Å². The van der Waals surface area contributed by atoms with E-state index in [2.05, 4.69) is 12.3 Å². The molecule has 10 heteroatoms. The molecule has 0 spiro atoms. The van der Waals surface area contributed by atoms with E-state index in [-0.39, 0.29) is 17.5 Å². The Labute approximate surface area is 202 Å². The van der Waals surface area contributed by atoms with E-state index in [4.69, 9.17) is 4.99 Å². The molecule has 1 aromatic carbocycles. The molecular formula is C24H30N6O3S. The van der Waals surface area contributed by atoms with Crippen LogP contribution in [0.4, 0.5) is 10.5 Å². The molecular weight excluding hydrogens is 452 g/mol. The fourth-order valence-corrected chi connectivity index (χ4v) is 6.08. The molecule has 34 heavy (non-hydrogen) atoms. The number of urea groups is 1. The molecule has 3 aliphatic heterocycles. The Balaban J connectivity index is 1.67. The van der Waals surface area contributed by atoms with Gasteiger partial charge in [-0.1, -0.05) is 42.7 Å². The van der Waals surface area contributed by atoms with Crippen molar-refractivity contribution >= 4 is 34.5 Å². The van der Waals surface area contributed by atoms with Crippen molar-refractivity contribution in [2.75, 3.05) is 30.0 Å². The Hall–Kier alpha value is -3.14. The van der Waals surface area contributed by atoms with Gasteiger partial charge in [0.05, 0.1) is 11.3 Å². The van der Waals surface area contributed by atoms with Crippen molar-refractivity contribution in [1.82, 2.24) is 14.5 Å². The molecule has 0 saturated carbocycles. The van der Waals surface area contributed by atoms with Crippen molar-refractivity contribution in [2.24, 2.45) is 4.99 Å². The number of nitrogens with zero attached hydrogens (tertiary/aromatic N) is 5. The van der Waals surface area contributed by atoms with Crippen LogP contribution in [0, 0.1) is 6.92 Å². The van der Waals surface area contributed by atoms with E-state index in [0.717, 1.165) is 36.1 Å². The summed E-state index contributed by atoms with van der Waals surface area (Å²) in [5.74, 6) is -0.131. The van der Waals surface area contributed by atoms with Crippen LogP contribution in [0.2, 0.25) is 0 Å². The largest absolute Gasteiger partial charge is 0.323 e. The van der Waals surface area contributed by atoms with Crippen LogP contribution in [-0.4, -0.2) is 58.4 Å². The number of anilines is 1. The van der Waals surface area contributed by atoms with E-state index in [1.807, 2.05) is 39.0 Å². The van der Waals surface area contributed by atoms with Gasteiger partial charge in [-0.3, -0.25) is 24.8 Å². The van der Waals surface area contributed by atoms with Gasteiger partial charge < -0.3 is 4.90 Å². The fourth-order valence-electron chi connectivity index (χ4n) is 5.04. The maximum absolute atomic E-state index is 13.6. The predicted octanol–water partition coefficient (Wildman–Crippen LogP) is 1.56. The van der Waals surface area contributed by atoms with E-state index in [0.29, 0.717) is 34.5 Å². The number of hydrogen-bond acceptors (Lipinski definition) is 6. The maximum Gasteiger partial charge on any atom is 0.323 e. The van der Waals surface area contributed by atoms with Crippen molar-refractivity contribution in [3.63, 3.8) is 0 Å². The normalized spacial score (nSPS) is 22.5. The predicted molar refractivity (Wildman–Crippen MR) is 132 cm³/mol. The van der Waals surface area contributed by atoms with Gasteiger partial charge in [0.2, 0.25) is 4.80 Å². The van der Waals surface area contributed by atoms with Crippen molar-refractivity contribution in [3.8, 4) is 0 Å². The second-order valence-corrected chi connectivity index (χ2v) is 9.86. The topological polar surface area (TPSA) is 90.2 Å². The highest BCUT2D eigenvalue weighted by molar-refractivity contribution is 7.07. The molecule has 2 atom stereocenters. The molecule has 3 aliphatic rings. The average molecular weight is 483 g/mol. The van der Waals surface area contributed by atoms with Crippen LogP contribution in [0.5, 0.6) is 0 Å². The van der Waals surface area contributed by atoms with E-state index >= 15 is 0 Å². The minimum absolute atomic E-state index is 0.0906. The van der Waals surface area contributed by atoms with Gasteiger partial charge in [0.25, 0.3) is 11.5 Å². The lowest BCUT2D eigenvalue weighted by molar-refractivity contribution is -0.113. The molecule has 5 rings (SSSR count). The summed E-state index contributed by atoms with van der Waals surface area (Å²) in [5, 5.41) is 0. The number of amides is 3. The molecule has 3 amide bonds. The maximum atomic E-state index is 13.6. The van der Waals surface area contributed by atoms with Crippen molar-refractivity contribution in [3.05, 3.63) is 49.0 Å². The number of hydrogen-bond donors (Lipinski definition) is 1. The Morgan fingerprint density at radius 2 is 1.82 bits per heavy atom. The van der Waals surface area contributed by atoms with Gasteiger partial charge in [-0.25, -0.2) is 9.79 Å². The van der Waals surface area contributed by atoms with Crippen molar-refractivity contribution < 1.29 is 9.59 Å². The number of rotatable bonds is 6. The Morgan fingerprint density at radius 1 is 1.06 bits per heavy atom. The van der Waals surface area contributed by atoms with Gasteiger partial charge >= 0.3 is 6.03 Å². The average Bonchev–Trinajstić information content (AvgIpc) is 3.38. The Morgan fingerprint density at radius 3 is 2.53 bits per heavy atom. The third kappa shape index (κ3) is 3.26. The standard InChI is InChI=1S/C24H30N6O3S/c1-5-8-9-12-29-16-11-10-14(4)13-15(16)17(21(29)31)18-22(32)30-23(34-18)25-19-20(26-30)28(7-3)24(33)27(19)6-2/h10-11,13,19-20,26H,5-9,12H2,1-4H3/b18-17-. The van der Waals surface area contributed by atoms with Crippen LogP contribution in [0.3, 0.4) is 0 Å². The van der Waals surface area contributed by atoms with Crippen LogP contribution in [0.1, 0.15) is 51.2 Å². The molecule has 4 heterocycles. The highest BCUT2D eigenvalue weighted by Crippen LogP contribution is 2.36. The molecule has 0 bridgehead atoms. The first kappa shape index (κ1) is 22.6. The third-order valence-electron chi connectivity index (χ3n) is 6.78. The molecule has 9 nitrogen and oxygen atoms in total. The van der Waals surface area contributed by atoms with E-state index in [1.165, 1.54) is 16.0 Å². The Kier molecular flexibility index (Phi) is 5.71. The second kappa shape index (κ2) is 8.57. The zero-order valence-corrected chi connectivity index (χ0v) is 20.8. The summed E-state index contributed by atoms with van der Waals surface area (Å²) in [7, 11) is 0. The number of aryl methyl sites for hydroxylation is 1. The SMILES string of the molecule is CCCCCN1C(=O)/C(=c2\sc3n(c2=O)NC2C(N=3)N(CC)C(=O)N2CC)c2cc(C)ccc21. The molecule has 2 unspecified atom stereocenters. The zero-order chi connectivity index (χ0) is 24.1. The minimum atomic E-state index is -0.422. The smallest absolute Gasteiger partial charge is 0.308 e. The van der Waals surface area contributed by atoms with Gasteiger partial charge in [0.15, 0.2) is 12.3 Å². The number of benzene rings is 1. The number of unbranched alkanes of at least 4 members (excludes halogenated alkanes) is 2. The molecule has 1 saturated heterocycles. The number of thiazole rings is 1. The molecule has 2 aromatic rings. The van der Waals surface area contributed by atoms with Gasteiger partial charge in [-0.2, -0.15) is 4.68 Å². The number of carbonyl (C=O) groups excluding carboxylic acids is 2. The summed E-state index contributed by atoms with van der Waals surface area (Å²) >= 11 is 1.21. The number of aromatic nitrogens is 1. The van der Waals surface area contributed by atoms with Crippen LogP contribution in [-0.2, 0) is 4.79 Å². The highest BCUT2D eigenvalue weighted by Gasteiger charge is 2.47. The number of fused-ring (bicyclic) bond motifs is 3. The summed E-state index contributed by atoms with van der Waals surface area (Å²) < 4.78 is 1.80. The molecule has 1 fully saturated rings. The lowest BCUT2D eigenvalue weighted by Gasteiger charge is -2.28. The second-order valence-electron chi connectivity index (χ2n) is 8.89. The van der Waals surface area contributed by atoms with Gasteiger partial charge in [0, 0.05) is 25.2 Å². The molecule has 1 N–H and O–H groups in total. The van der Waals surface area contributed by atoms with Gasteiger partial charge in [-0.15, -0.1) is 0 Å². The van der Waals surface area contributed by atoms with Crippen molar-refractivity contribution in [1.29, 1.82) is 0 Å². The summed E-state index contributed by atoms with van der Waals surface area (Å²) in [6.07, 6.45) is 2.20. The summed E-state index contributed by atoms with van der Waals surface area (Å²) in [4.78, 5) is 50.4. The number of nitrogens with one attached hydrogen (secondary N) is 1. The summed E-state index contributed by atoms with van der Waals surface area (Å²) in [5.41, 5.74) is 6.07. The van der Waals surface area contributed by atoms with Gasteiger partial charge in [0.1, 0.15) is 4.53 Å². The molecule has 180 valence electrons. The molecule has 0 radical (unpaired) electrons. The fraction of sp³-hybridized carbons (Fsp3) is 0.500. The van der Waals surface area contributed by atoms with E-state index in [1.54, 1.807) is 14.7 Å². The Bertz CT molecular complexity index is 1350. The van der Waals surface area contributed by atoms with Crippen LogP contribution in [0.25, 0.3) is 5.57 Å². The summed E-state index contributed by atoms with van der Waals surface area (Å²) in [6.45, 7) is 9.62.